The molecule has 0 amide bonds. The van der Waals surface area contributed by atoms with Gasteiger partial charge in [0, 0.05) is 20.9 Å². The monoisotopic (exact) mass is 302 g/mol. The Hall–Kier alpha value is -1.69. The summed E-state index contributed by atoms with van der Waals surface area (Å²) in [5.74, 6) is -3.44. The molecule has 20 heavy (non-hydrogen) atoms. The summed E-state index contributed by atoms with van der Waals surface area (Å²) in [6, 6.07) is 3.57. The highest BCUT2D eigenvalue weighted by Gasteiger charge is 2.16. The number of hydrogen-bond donors (Lipinski definition) is 0. The fourth-order valence-corrected chi connectivity index (χ4v) is 2.71. The fourth-order valence-electron chi connectivity index (χ4n) is 1.59. The van der Waals surface area contributed by atoms with Crippen LogP contribution in [-0.4, -0.2) is 4.21 Å². The average Bonchev–Trinajstić information content (AvgIpc) is 2.40. The summed E-state index contributed by atoms with van der Waals surface area (Å²) < 4.78 is 65.8. The van der Waals surface area contributed by atoms with E-state index in [0.717, 1.165) is 24.3 Å². The van der Waals surface area contributed by atoms with Crippen LogP contribution in [0.4, 0.5) is 17.6 Å². The summed E-state index contributed by atoms with van der Waals surface area (Å²) >= 11 is 0. The fraction of sp³-hybridized carbons (Fsp3) is 0.143. The van der Waals surface area contributed by atoms with Gasteiger partial charge in [0.05, 0.1) is 10.8 Å². The number of hydrogen-bond acceptors (Lipinski definition) is 1. The van der Waals surface area contributed by atoms with Crippen LogP contribution in [0.2, 0.25) is 0 Å². The van der Waals surface area contributed by atoms with Crippen LogP contribution >= 0.6 is 0 Å². The van der Waals surface area contributed by atoms with Gasteiger partial charge in [0.1, 0.15) is 23.3 Å². The molecule has 2 aromatic carbocycles. The molecule has 2 aromatic rings. The van der Waals surface area contributed by atoms with Crippen molar-refractivity contribution in [2.24, 2.45) is 0 Å². The molecule has 1 nitrogen and oxygen atoms in total. The van der Waals surface area contributed by atoms with Crippen molar-refractivity contribution < 1.29 is 21.8 Å². The molecule has 0 fully saturated rings. The number of rotatable bonds is 2. The van der Waals surface area contributed by atoms with Gasteiger partial charge in [-0.2, -0.15) is 0 Å². The van der Waals surface area contributed by atoms with Crippen LogP contribution in [-0.2, 0) is 10.8 Å². The Labute approximate surface area is 115 Å². The SMILES string of the molecule is Cc1c(F)cc(S(=O)c2cc(F)c(C)c(F)c2)cc1F. The Balaban J connectivity index is 2.52. The maximum absolute atomic E-state index is 13.4. The summed E-state index contributed by atoms with van der Waals surface area (Å²) in [6.45, 7) is 2.48. The van der Waals surface area contributed by atoms with Gasteiger partial charge >= 0.3 is 0 Å². The molecule has 0 saturated carbocycles. The van der Waals surface area contributed by atoms with Gasteiger partial charge in [0.2, 0.25) is 0 Å². The maximum atomic E-state index is 13.4. The van der Waals surface area contributed by atoms with E-state index in [2.05, 4.69) is 0 Å². The zero-order valence-corrected chi connectivity index (χ0v) is 11.5. The summed E-state index contributed by atoms with van der Waals surface area (Å²) in [5.41, 5.74) is -0.404. The van der Waals surface area contributed by atoms with E-state index in [1.807, 2.05) is 0 Å². The third-order valence-corrected chi connectivity index (χ3v) is 4.26. The van der Waals surface area contributed by atoms with Gasteiger partial charge in [-0.05, 0) is 38.1 Å². The predicted molar refractivity (Wildman–Crippen MR) is 66.9 cm³/mol. The lowest BCUT2D eigenvalue weighted by molar-refractivity contribution is 0.559. The van der Waals surface area contributed by atoms with Crippen LogP contribution in [0, 0.1) is 37.1 Å². The van der Waals surface area contributed by atoms with Gasteiger partial charge < -0.3 is 0 Å². The van der Waals surface area contributed by atoms with Crippen molar-refractivity contribution in [1.82, 2.24) is 0 Å². The third-order valence-electron chi connectivity index (χ3n) is 2.94. The highest BCUT2D eigenvalue weighted by atomic mass is 32.2. The quantitative estimate of drug-likeness (QED) is 0.766. The van der Waals surface area contributed by atoms with Gasteiger partial charge in [0.25, 0.3) is 0 Å². The smallest absolute Gasteiger partial charge is 0.130 e. The molecule has 0 heterocycles. The number of halogens is 4. The molecular formula is C14H10F4OS. The molecule has 0 spiro atoms. The normalized spacial score (nSPS) is 11.2. The second-order valence-corrected chi connectivity index (χ2v) is 5.77. The summed E-state index contributed by atoms with van der Waals surface area (Å²) in [7, 11) is -2.06. The molecule has 0 atom stereocenters. The van der Waals surface area contributed by atoms with Crippen LogP contribution in [0.1, 0.15) is 11.1 Å². The van der Waals surface area contributed by atoms with Gasteiger partial charge in [-0.15, -0.1) is 0 Å². The van der Waals surface area contributed by atoms with Gasteiger partial charge in [0.15, 0.2) is 0 Å². The van der Waals surface area contributed by atoms with Gasteiger partial charge in [-0.25, -0.2) is 21.8 Å². The van der Waals surface area contributed by atoms with E-state index in [0.29, 0.717) is 0 Å². The van der Waals surface area contributed by atoms with Crippen molar-refractivity contribution in [2.75, 3.05) is 0 Å². The Morgan fingerprint density at radius 1 is 0.700 bits per heavy atom. The second-order valence-electron chi connectivity index (χ2n) is 4.29. The molecule has 0 saturated heterocycles. The Kier molecular flexibility index (Phi) is 3.94. The second kappa shape index (κ2) is 5.36. The van der Waals surface area contributed by atoms with Gasteiger partial charge in [-0.3, -0.25) is 0 Å². The first-order valence-corrected chi connectivity index (χ1v) is 6.79. The molecule has 6 heteroatoms. The van der Waals surface area contributed by atoms with E-state index < -0.39 is 34.1 Å². The Morgan fingerprint density at radius 3 is 1.20 bits per heavy atom. The van der Waals surface area contributed by atoms with Crippen LogP contribution in [0.5, 0.6) is 0 Å². The van der Waals surface area contributed by atoms with E-state index in [9.17, 15) is 21.8 Å². The minimum absolute atomic E-state index is 0.187. The molecular weight excluding hydrogens is 292 g/mol. The van der Waals surface area contributed by atoms with Crippen LogP contribution < -0.4 is 0 Å². The average molecular weight is 302 g/mol. The molecule has 0 N–H and O–H groups in total. The first-order valence-electron chi connectivity index (χ1n) is 5.64. The molecule has 0 unspecified atom stereocenters. The minimum Gasteiger partial charge on any atom is -0.249 e. The molecule has 0 aliphatic rings. The lowest BCUT2D eigenvalue weighted by Gasteiger charge is -2.07. The molecule has 0 bridgehead atoms. The molecule has 0 aliphatic carbocycles. The molecule has 0 aromatic heterocycles. The summed E-state index contributed by atoms with van der Waals surface area (Å²) in [6.07, 6.45) is 0. The lowest BCUT2D eigenvalue weighted by atomic mass is 10.2. The Morgan fingerprint density at radius 2 is 0.950 bits per heavy atom. The van der Waals surface area contributed by atoms with Crippen molar-refractivity contribution in [3.63, 3.8) is 0 Å². The van der Waals surface area contributed by atoms with E-state index in [1.165, 1.54) is 13.8 Å². The highest BCUT2D eigenvalue weighted by molar-refractivity contribution is 7.85. The standard InChI is InChI=1S/C14H10F4OS/c1-7-11(15)3-9(4-12(7)16)20(19)10-5-13(17)8(2)14(18)6-10/h3-6H,1-2H3. The lowest BCUT2D eigenvalue weighted by Crippen LogP contribution is -2.00. The topological polar surface area (TPSA) is 17.1 Å². The van der Waals surface area contributed by atoms with Crippen molar-refractivity contribution in [3.05, 3.63) is 58.7 Å². The molecule has 2 rings (SSSR count). The van der Waals surface area contributed by atoms with Crippen molar-refractivity contribution >= 4 is 10.8 Å². The zero-order chi connectivity index (χ0) is 15.0. The third kappa shape index (κ3) is 2.60. The first kappa shape index (κ1) is 14.7. The van der Waals surface area contributed by atoms with Crippen molar-refractivity contribution in [1.29, 1.82) is 0 Å². The largest absolute Gasteiger partial charge is 0.249 e. The summed E-state index contributed by atoms with van der Waals surface area (Å²) in [5, 5.41) is 0. The van der Waals surface area contributed by atoms with Crippen LogP contribution in [0.3, 0.4) is 0 Å². The van der Waals surface area contributed by atoms with E-state index in [1.54, 1.807) is 0 Å². The van der Waals surface area contributed by atoms with E-state index >= 15 is 0 Å². The van der Waals surface area contributed by atoms with Crippen molar-refractivity contribution in [2.45, 2.75) is 23.6 Å². The van der Waals surface area contributed by atoms with E-state index in [4.69, 9.17) is 0 Å². The first-order chi connectivity index (χ1) is 9.31. The van der Waals surface area contributed by atoms with Crippen LogP contribution in [0.15, 0.2) is 34.1 Å². The highest BCUT2D eigenvalue weighted by Crippen LogP contribution is 2.24. The molecule has 106 valence electrons. The predicted octanol–water partition coefficient (Wildman–Crippen LogP) is 4.03. The number of benzene rings is 2. The van der Waals surface area contributed by atoms with Crippen LogP contribution in [0.25, 0.3) is 0 Å². The van der Waals surface area contributed by atoms with Gasteiger partial charge in [-0.1, -0.05) is 0 Å². The molecule has 0 aliphatic heterocycles. The molecule has 0 radical (unpaired) electrons. The minimum atomic E-state index is -2.06. The maximum Gasteiger partial charge on any atom is 0.130 e. The Bertz CT molecular complexity index is 607. The van der Waals surface area contributed by atoms with Crippen molar-refractivity contribution in [3.8, 4) is 0 Å². The summed E-state index contributed by atoms with van der Waals surface area (Å²) in [4.78, 5) is -0.374. The van der Waals surface area contributed by atoms with E-state index in [-0.39, 0.29) is 20.9 Å². The zero-order valence-electron chi connectivity index (χ0n) is 10.6.